The zero-order chi connectivity index (χ0) is 20.7. The van der Waals surface area contributed by atoms with E-state index in [2.05, 4.69) is 109 Å². The van der Waals surface area contributed by atoms with Gasteiger partial charge in [0.15, 0.2) is 5.60 Å². The largest absolute Gasteiger partial charge is 0.473 e. The van der Waals surface area contributed by atoms with Crippen LogP contribution < -0.4 is 4.74 Å². The lowest BCUT2D eigenvalue weighted by Gasteiger charge is -2.36. The Kier molecular flexibility index (Phi) is 4.26. The van der Waals surface area contributed by atoms with Crippen molar-refractivity contribution >= 4 is 28.2 Å². The summed E-state index contributed by atoms with van der Waals surface area (Å²) in [4.78, 5) is 1.29. The molecule has 1 aliphatic heterocycles. The summed E-state index contributed by atoms with van der Waals surface area (Å²) in [5.74, 6) is 0.909. The van der Waals surface area contributed by atoms with Gasteiger partial charge in [0.05, 0.1) is 0 Å². The molecule has 0 N–H and O–H groups in total. The van der Waals surface area contributed by atoms with Crippen molar-refractivity contribution in [2.45, 2.75) is 5.60 Å². The van der Waals surface area contributed by atoms with Gasteiger partial charge < -0.3 is 4.74 Å². The van der Waals surface area contributed by atoms with E-state index >= 15 is 0 Å². The maximum absolute atomic E-state index is 6.82. The molecule has 31 heavy (non-hydrogen) atoms. The van der Waals surface area contributed by atoms with E-state index in [0.717, 1.165) is 22.4 Å². The molecule has 2 heteroatoms. The minimum Gasteiger partial charge on any atom is -0.473 e. The number of rotatable bonds is 3. The zero-order valence-electron chi connectivity index (χ0n) is 16.9. The minimum atomic E-state index is -0.639. The first-order valence-electron chi connectivity index (χ1n) is 10.4. The first-order chi connectivity index (χ1) is 15.3. The standard InChI is InChI=1S/C29H20OS/c1-3-8-23(9-4-1)29(24-10-5-2-6-11-24)18-17-26-25-15-13-22(28-12-7-19-31-28)20-21(25)14-16-27(26)30-29/h1-20H. The number of hydrogen-bond donors (Lipinski definition) is 0. The number of thiophene rings is 1. The van der Waals surface area contributed by atoms with E-state index in [1.54, 1.807) is 11.3 Å². The summed E-state index contributed by atoms with van der Waals surface area (Å²) in [5.41, 5.74) is 4.00. The molecule has 0 unspecified atom stereocenters. The van der Waals surface area contributed by atoms with E-state index < -0.39 is 5.60 Å². The van der Waals surface area contributed by atoms with Crippen LogP contribution in [-0.2, 0) is 5.60 Å². The van der Waals surface area contributed by atoms with Gasteiger partial charge in [0.25, 0.3) is 0 Å². The third kappa shape index (κ3) is 2.99. The van der Waals surface area contributed by atoms with Crippen molar-refractivity contribution in [2.75, 3.05) is 0 Å². The Morgan fingerprint density at radius 1 is 0.677 bits per heavy atom. The van der Waals surface area contributed by atoms with Crippen LogP contribution in [-0.4, -0.2) is 0 Å². The van der Waals surface area contributed by atoms with Gasteiger partial charge in [-0.15, -0.1) is 11.3 Å². The van der Waals surface area contributed by atoms with Crippen LogP contribution >= 0.6 is 11.3 Å². The van der Waals surface area contributed by atoms with Crippen molar-refractivity contribution in [3.63, 3.8) is 0 Å². The average Bonchev–Trinajstić information content (AvgIpc) is 3.39. The fourth-order valence-corrected chi connectivity index (χ4v) is 5.17. The summed E-state index contributed by atoms with van der Waals surface area (Å²) in [5, 5.41) is 4.56. The van der Waals surface area contributed by atoms with Crippen molar-refractivity contribution in [1.82, 2.24) is 0 Å². The van der Waals surface area contributed by atoms with Crippen LogP contribution in [0.4, 0.5) is 0 Å². The highest BCUT2D eigenvalue weighted by molar-refractivity contribution is 7.13. The lowest BCUT2D eigenvalue weighted by Crippen LogP contribution is -2.34. The van der Waals surface area contributed by atoms with E-state index in [1.165, 1.54) is 21.2 Å². The number of benzene rings is 4. The molecular weight excluding hydrogens is 396 g/mol. The van der Waals surface area contributed by atoms with Gasteiger partial charge in [0.2, 0.25) is 0 Å². The van der Waals surface area contributed by atoms with Gasteiger partial charge in [-0.2, -0.15) is 0 Å². The summed E-state index contributed by atoms with van der Waals surface area (Å²) in [7, 11) is 0. The van der Waals surface area contributed by atoms with Crippen LogP contribution in [0, 0.1) is 0 Å². The Balaban J connectivity index is 1.51. The fourth-order valence-electron chi connectivity index (χ4n) is 4.45. The molecule has 2 heterocycles. The molecule has 4 aromatic carbocycles. The van der Waals surface area contributed by atoms with Gasteiger partial charge >= 0.3 is 0 Å². The van der Waals surface area contributed by atoms with E-state index in [0.29, 0.717) is 0 Å². The molecule has 0 aliphatic carbocycles. The molecule has 0 bridgehead atoms. The fraction of sp³-hybridized carbons (Fsp3) is 0.0345. The first-order valence-corrected chi connectivity index (χ1v) is 11.3. The molecular formula is C29H20OS. The van der Waals surface area contributed by atoms with E-state index in [1.807, 2.05) is 12.1 Å². The summed E-state index contributed by atoms with van der Waals surface area (Å²) < 4.78 is 6.82. The Bertz CT molecular complexity index is 1340. The maximum Gasteiger partial charge on any atom is 0.178 e. The summed E-state index contributed by atoms with van der Waals surface area (Å²) in [6.07, 6.45) is 4.43. The van der Waals surface area contributed by atoms with Crippen molar-refractivity contribution in [2.24, 2.45) is 0 Å². The Hall–Kier alpha value is -3.62. The normalized spacial score (nSPS) is 14.2. The van der Waals surface area contributed by atoms with Crippen LogP contribution in [0.5, 0.6) is 5.75 Å². The Labute approximate surface area is 185 Å². The molecule has 1 aromatic heterocycles. The van der Waals surface area contributed by atoms with Crippen LogP contribution in [0.15, 0.2) is 115 Å². The zero-order valence-corrected chi connectivity index (χ0v) is 17.7. The van der Waals surface area contributed by atoms with Crippen molar-refractivity contribution < 1.29 is 4.74 Å². The molecule has 1 aliphatic rings. The highest BCUT2D eigenvalue weighted by Gasteiger charge is 2.37. The van der Waals surface area contributed by atoms with E-state index in [-0.39, 0.29) is 0 Å². The van der Waals surface area contributed by atoms with Gasteiger partial charge in [0.1, 0.15) is 5.75 Å². The monoisotopic (exact) mass is 416 g/mol. The molecule has 0 radical (unpaired) electrons. The molecule has 1 nitrogen and oxygen atoms in total. The predicted molar refractivity (Wildman–Crippen MR) is 131 cm³/mol. The summed E-state index contributed by atoms with van der Waals surface area (Å²) in [6, 6.07) is 36.1. The summed E-state index contributed by atoms with van der Waals surface area (Å²) >= 11 is 1.77. The van der Waals surface area contributed by atoms with Crippen molar-refractivity contribution in [1.29, 1.82) is 0 Å². The molecule has 0 spiro atoms. The maximum atomic E-state index is 6.82. The molecule has 148 valence electrons. The average molecular weight is 417 g/mol. The van der Waals surface area contributed by atoms with Crippen molar-refractivity contribution in [3.8, 4) is 16.2 Å². The van der Waals surface area contributed by atoms with Gasteiger partial charge in [-0.25, -0.2) is 0 Å². The Morgan fingerprint density at radius 3 is 2.10 bits per heavy atom. The smallest absolute Gasteiger partial charge is 0.178 e. The number of hydrogen-bond acceptors (Lipinski definition) is 2. The third-order valence-electron chi connectivity index (χ3n) is 5.99. The van der Waals surface area contributed by atoms with E-state index in [9.17, 15) is 0 Å². The Morgan fingerprint density at radius 2 is 1.42 bits per heavy atom. The third-order valence-corrected chi connectivity index (χ3v) is 6.91. The van der Waals surface area contributed by atoms with Gasteiger partial charge in [0, 0.05) is 21.6 Å². The van der Waals surface area contributed by atoms with Crippen LogP contribution in [0.25, 0.3) is 27.3 Å². The van der Waals surface area contributed by atoms with Gasteiger partial charge in [-0.3, -0.25) is 0 Å². The van der Waals surface area contributed by atoms with Crippen molar-refractivity contribution in [3.05, 3.63) is 131 Å². The molecule has 0 atom stereocenters. The number of fused-ring (bicyclic) bond motifs is 3. The molecule has 0 saturated carbocycles. The lowest BCUT2D eigenvalue weighted by molar-refractivity contribution is 0.161. The van der Waals surface area contributed by atoms with Crippen LogP contribution in [0.3, 0.4) is 0 Å². The molecule has 0 fully saturated rings. The second-order valence-corrected chi connectivity index (χ2v) is 8.74. The number of ether oxygens (including phenoxy) is 1. The van der Waals surface area contributed by atoms with E-state index in [4.69, 9.17) is 4.74 Å². The van der Waals surface area contributed by atoms with Crippen LogP contribution in [0.2, 0.25) is 0 Å². The predicted octanol–water partition coefficient (Wildman–Crippen LogP) is 7.92. The molecule has 0 saturated heterocycles. The summed E-state index contributed by atoms with van der Waals surface area (Å²) in [6.45, 7) is 0. The SMILES string of the molecule is C1=CC(c2ccccc2)(c2ccccc2)Oc2ccc3cc(-c4cccs4)ccc3c21. The highest BCUT2D eigenvalue weighted by atomic mass is 32.1. The van der Waals surface area contributed by atoms with Gasteiger partial charge in [-0.05, 0) is 52.1 Å². The highest BCUT2D eigenvalue weighted by Crippen LogP contribution is 2.44. The quantitative estimate of drug-likeness (QED) is 0.290. The van der Waals surface area contributed by atoms with Gasteiger partial charge in [-0.1, -0.05) is 84.9 Å². The molecule has 5 aromatic rings. The second-order valence-electron chi connectivity index (χ2n) is 7.79. The topological polar surface area (TPSA) is 9.23 Å². The first kappa shape index (κ1) is 18.2. The molecule has 0 amide bonds. The lowest BCUT2D eigenvalue weighted by atomic mass is 9.83. The molecule has 6 rings (SSSR count). The van der Waals surface area contributed by atoms with Crippen LogP contribution in [0.1, 0.15) is 16.7 Å². The minimum absolute atomic E-state index is 0.639. The second kappa shape index (κ2) is 7.26.